The minimum absolute atomic E-state index is 0.538. The van der Waals surface area contributed by atoms with Crippen LogP contribution in [0.5, 0.6) is 0 Å². The van der Waals surface area contributed by atoms with Crippen LogP contribution in [-0.4, -0.2) is 82.2 Å². The van der Waals surface area contributed by atoms with E-state index in [1.54, 1.807) is 0 Å². The van der Waals surface area contributed by atoms with E-state index in [0.29, 0.717) is 13.2 Å². The molecular formula is C15H36N4O2. The fraction of sp³-hybridized carbons (Fsp3) is 1.00. The number of hydrogen-bond donors (Lipinski definition) is 2. The maximum absolute atomic E-state index is 5.81. The number of likely N-dealkylation sites (N-methyl/N-ethyl adjacent to an activating group) is 2. The topological polar surface area (TPSA) is 77.0 Å². The summed E-state index contributed by atoms with van der Waals surface area (Å²) < 4.78 is 11.6. The van der Waals surface area contributed by atoms with Crippen LogP contribution in [0.2, 0.25) is 0 Å². The van der Waals surface area contributed by atoms with Crippen LogP contribution in [0.15, 0.2) is 0 Å². The fourth-order valence-corrected chi connectivity index (χ4v) is 1.88. The Labute approximate surface area is 130 Å². The highest BCUT2D eigenvalue weighted by molar-refractivity contribution is 4.58. The van der Waals surface area contributed by atoms with Crippen molar-refractivity contribution in [2.24, 2.45) is 11.5 Å². The van der Waals surface area contributed by atoms with Gasteiger partial charge in [-0.1, -0.05) is 0 Å². The Balaban J connectivity index is 3.68. The third-order valence-corrected chi connectivity index (χ3v) is 3.33. The first-order valence-electron chi connectivity index (χ1n) is 7.96. The predicted molar refractivity (Wildman–Crippen MR) is 88.3 cm³/mol. The Kier molecular flexibility index (Phi) is 12.2. The van der Waals surface area contributed by atoms with Gasteiger partial charge in [-0.2, -0.15) is 0 Å². The molecule has 0 aliphatic heterocycles. The van der Waals surface area contributed by atoms with Crippen LogP contribution in [-0.2, 0) is 9.47 Å². The normalized spacial score (nSPS) is 12.6. The first-order chi connectivity index (χ1) is 9.91. The Morgan fingerprint density at radius 2 is 1.14 bits per heavy atom. The number of nitrogens with zero attached hydrogens (tertiary/aromatic N) is 2. The summed E-state index contributed by atoms with van der Waals surface area (Å²) in [5.41, 5.74) is 11.0. The molecule has 6 heteroatoms. The van der Waals surface area contributed by atoms with Crippen LogP contribution in [0.4, 0.5) is 0 Å². The largest absolute Gasteiger partial charge is 0.349 e. The predicted octanol–water partition coefficient (Wildman–Crippen LogP) is 0.317. The zero-order chi connectivity index (χ0) is 16.1. The second-order valence-electron chi connectivity index (χ2n) is 5.99. The van der Waals surface area contributed by atoms with Crippen LogP contribution in [0, 0.1) is 0 Å². The lowest BCUT2D eigenvalue weighted by Gasteiger charge is -2.28. The lowest BCUT2D eigenvalue weighted by atomic mass is 10.3. The van der Waals surface area contributed by atoms with Crippen LogP contribution < -0.4 is 11.5 Å². The van der Waals surface area contributed by atoms with E-state index in [1.807, 2.05) is 13.8 Å². The van der Waals surface area contributed by atoms with E-state index >= 15 is 0 Å². The molecule has 128 valence electrons. The molecule has 0 fully saturated rings. The van der Waals surface area contributed by atoms with Gasteiger partial charge in [-0.15, -0.1) is 0 Å². The third-order valence-electron chi connectivity index (χ3n) is 3.33. The maximum atomic E-state index is 5.81. The van der Waals surface area contributed by atoms with Crippen LogP contribution in [0.1, 0.15) is 26.7 Å². The summed E-state index contributed by atoms with van der Waals surface area (Å²) in [5.74, 6) is -0.538. The summed E-state index contributed by atoms with van der Waals surface area (Å²) >= 11 is 0. The van der Waals surface area contributed by atoms with Crippen molar-refractivity contribution < 1.29 is 9.47 Å². The van der Waals surface area contributed by atoms with Crippen molar-refractivity contribution in [1.29, 1.82) is 0 Å². The molecule has 0 aromatic rings. The molecule has 4 N–H and O–H groups in total. The third kappa shape index (κ3) is 13.2. The summed E-state index contributed by atoms with van der Waals surface area (Å²) in [5, 5.41) is 0. The summed E-state index contributed by atoms with van der Waals surface area (Å²) in [4.78, 5) is 4.45. The lowest BCUT2D eigenvalue weighted by Crippen LogP contribution is -2.35. The van der Waals surface area contributed by atoms with E-state index in [-0.39, 0.29) is 0 Å². The Hall–Kier alpha value is -0.240. The summed E-state index contributed by atoms with van der Waals surface area (Å²) in [6.07, 6.45) is 2.04. The van der Waals surface area contributed by atoms with Crippen LogP contribution in [0.25, 0.3) is 0 Å². The van der Waals surface area contributed by atoms with Crippen molar-refractivity contribution in [3.63, 3.8) is 0 Å². The van der Waals surface area contributed by atoms with Crippen molar-refractivity contribution in [1.82, 2.24) is 9.80 Å². The van der Waals surface area contributed by atoms with Crippen molar-refractivity contribution in [3.05, 3.63) is 0 Å². The van der Waals surface area contributed by atoms with Gasteiger partial charge < -0.3 is 30.7 Å². The molecule has 0 aliphatic carbocycles. The quantitative estimate of drug-likeness (QED) is 0.450. The number of nitrogens with two attached hydrogens (primary N) is 2. The molecule has 0 heterocycles. The number of ether oxygens (including phenoxy) is 2. The molecule has 0 aliphatic rings. The van der Waals surface area contributed by atoms with Crippen LogP contribution in [0.3, 0.4) is 0 Å². The molecule has 0 aromatic carbocycles. The molecule has 6 nitrogen and oxygen atoms in total. The van der Waals surface area contributed by atoms with Crippen molar-refractivity contribution >= 4 is 0 Å². The molecule has 0 saturated heterocycles. The Morgan fingerprint density at radius 3 is 1.48 bits per heavy atom. The fourth-order valence-electron chi connectivity index (χ4n) is 1.88. The van der Waals surface area contributed by atoms with E-state index in [4.69, 9.17) is 20.9 Å². The van der Waals surface area contributed by atoms with Crippen molar-refractivity contribution in [2.45, 2.75) is 32.5 Å². The Morgan fingerprint density at radius 1 is 0.762 bits per heavy atom. The molecule has 0 bridgehead atoms. The zero-order valence-electron chi connectivity index (χ0n) is 14.4. The van der Waals surface area contributed by atoms with Gasteiger partial charge in [0.15, 0.2) is 5.79 Å². The van der Waals surface area contributed by atoms with E-state index in [2.05, 4.69) is 23.9 Å². The summed E-state index contributed by atoms with van der Waals surface area (Å²) in [6.45, 7) is 10.5. The van der Waals surface area contributed by atoms with Gasteiger partial charge in [-0.05, 0) is 67.0 Å². The van der Waals surface area contributed by atoms with Crippen molar-refractivity contribution in [3.8, 4) is 0 Å². The second-order valence-corrected chi connectivity index (χ2v) is 5.99. The summed E-state index contributed by atoms with van der Waals surface area (Å²) in [6, 6.07) is 0. The summed E-state index contributed by atoms with van der Waals surface area (Å²) in [7, 11) is 4.17. The van der Waals surface area contributed by atoms with Crippen molar-refractivity contribution in [2.75, 3.05) is 66.6 Å². The molecule has 0 unspecified atom stereocenters. The molecule has 0 rings (SSSR count). The van der Waals surface area contributed by atoms with Gasteiger partial charge in [0, 0.05) is 13.1 Å². The van der Waals surface area contributed by atoms with Crippen LogP contribution >= 0.6 is 0 Å². The highest BCUT2D eigenvalue weighted by Crippen LogP contribution is 2.11. The standard InChI is InChI=1S/C15H36N4O2/c1-15(2,20-13-11-18(3)9-5-7-16)21-14-12-19(4)10-6-8-17/h5-14,16-17H2,1-4H3. The molecule has 0 spiro atoms. The minimum atomic E-state index is -0.538. The van der Waals surface area contributed by atoms with E-state index in [1.165, 1.54) is 0 Å². The maximum Gasteiger partial charge on any atom is 0.162 e. The molecule has 0 aromatic heterocycles. The highest BCUT2D eigenvalue weighted by atomic mass is 16.7. The smallest absolute Gasteiger partial charge is 0.162 e. The second kappa shape index (κ2) is 12.3. The SMILES string of the molecule is CN(CCCN)CCOC(C)(C)OCCN(C)CCCN. The van der Waals surface area contributed by atoms with Gasteiger partial charge >= 0.3 is 0 Å². The molecule has 0 amide bonds. The average molecular weight is 304 g/mol. The zero-order valence-corrected chi connectivity index (χ0v) is 14.4. The molecule has 0 radical (unpaired) electrons. The molecular weight excluding hydrogens is 268 g/mol. The van der Waals surface area contributed by atoms with Gasteiger partial charge in [0.05, 0.1) is 13.2 Å². The minimum Gasteiger partial charge on any atom is -0.349 e. The lowest BCUT2D eigenvalue weighted by molar-refractivity contribution is -0.215. The van der Waals surface area contributed by atoms with Gasteiger partial charge in [0.1, 0.15) is 0 Å². The van der Waals surface area contributed by atoms with E-state index < -0.39 is 5.79 Å². The van der Waals surface area contributed by atoms with Gasteiger partial charge in [-0.25, -0.2) is 0 Å². The van der Waals surface area contributed by atoms with Gasteiger partial charge in [0.25, 0.3) is 0 Å². The molecule has 0 saturated carbocycles. The van der Waals surface area contributed by atoms with Gasteiger partial charge in [0.2, 0.25) is 0 Å². The first kappa shape index (κ1) is 20.8. The highest BCUT2D eigenvalue weighted by Gasteiger charge is 2.18. The Bertz CT molecular complexity index is 218. The number of hydrogen-bond acceptors (Lipinski definition) is 6. The number of rotatable bonds is 14. The molecule has 21 heavy (non-hydrogen) atoms. The monoisotopic (exact) mass is 304 g/mol. The first-order valence-corrected chi connectivity index (χ1v) is 7.96. The average Bonchev–Trinajstić information content (AvgIpc) is 2.42. The molecule has 0 atom stereocenters. The van der Waals surface area contributed by atoms with E-state index in [0.717, 1.165) is 52.1 Å². The van der Waals surface area contributed by atoms with Gasteiger partial charge in [-0.3, -0.25) is 0 Å². The van der Waals surface area contributed by atoms with E-state index in [9.17, 15) is 0 Å².